The van der Waals surface area contributed by atoms with Crippen LogP contribution in [-0.4, -0.2) is 36.3 Å². The number of nitrogens with zero attached hydrogens (tertiary/aromatic N) is 3. The number of rotatable bonds is 4. The minimum Gasteiger partial charge on any atom is -0.381 e. The average molecular weight is 256 g/mol. The Morgan fingerprint density at radius 2 is 2.29 bits per heavy atom. The molecule has 0 spiro atoms. The van der Waals surface area contributed by atoms with Crippen LogP contribution in [0, 0.1) is 5.92 Å². The van der Waals surface area contributed by atoms with Crippen LogP contribution >= 0.6 is 11.6 Å². The van der Waals surface area contributed by atoms with Crippen LogP contribution in [0.5, 0.6) is 0 Å². The fourth-order valence-corrected chi connectivity index (χ4v) is 2.43. The molecule has 17 heavy (non-hydrogen) atoms. The van der Waals surface area contributed by atoms with Crippen LogP contribution in [0.15, 0.2) is 12.4 Å². The van der Waals surface area contributed by atoms with Crippen molar-refractivity contribution in [2.45, 2.75) is 19.8 Å². The van der Waals surface area contributed by atoms with Crippen molar-refractivity contribution in [2.24, 2.45) is 5.92 Å². The maximum Gasteiger partial charge on any atom is 0.171 e. The Hall–Kier alpha value is -0.870. The molecule has 5 heteroatoms. The smallest absolute Gasteiger partial charge is 0.171 e. The fourth-order valence-electron chi connectivity index (χ4n) is 2.20. The van der Waals surface area contributed by atoms with Crippen molar-refractivity contribution in [1.29, 1.82) is 0 Å². The van der Waals surface area contributed by atoms with Crippen molar-refractivity contribution < 1.29 is 4.74 Å². The summed E-state index contributed by atoms with van der Waals surface area (Å²) in [7, 11) is 0. The maximum absolute atomic E-state index is 6.06. The standard InChI is InChI=1S/C12H18ClN3O/c1-2-17-9-10-4-3-7-16(8-10)12-11(13)14-5-6-15-12/h5-6,10H,2-4,7-9H2,1H3/t10-/m0/s1. The monoisotopic (exact) mass is 255 g/mol. The van der Waals surface area contributed by atoms with Crippen LogP contribution in [0.25, 0.3) is 0 Å². The van der Waals surface area contributed by atoms with Crippen LogP contribution < -0.4 is 4.90 Å². The van der Waals surface area contributed by atoms with Gasteiger partial charge in [0.05, 0.1) is 6.61 Å². The Labute approximate surface area is 107 Å². The van der Waals surface area contributed by atoms with Gasteiger partial charge < -0.3 is 9.64 Å². The molecule has 0 radical (unpaired) electrons. The highest BCUT2D eigenvalue weighted by molar-refractivity contribution is 6.31. The van der Waals surface area contributed by atoms with Crippen molar-refractivity contribution >= 4 is 17.4 Å². The predicted octanol–water partition coefficient (Wildman–Crippen LogP) is 2.38. The van der Waals surface area contributed by atoms with Crippen molar-refractivity contribution in [3.8, 4) is 0 Å². The summed E-state index contributed by atoms with van der Waals surface area (Å²) in [5, 5.41) is 0.490. The van der Waals surface area contributed by atoms with Crippen LogP contribution in [0.3, 0.4) is 0 Å². The SMILES string of the molecule is CCOC[C@H]1CCCN(c2nccnc2Cl)C1. The van der Waals surface area contributed by atoms with E-state index >= 15 is 0 Å². The number of hydrogen-bond donors (Lipinski definition) is 0. The van der Waals surface area contributed by atoms with Gasteiger partial charge in [0.1, 0.15) is 0 Å². The van der Waals surface area contributed by atoms with Crippen LogP contribution in [0.2, 0.25) is 5.15 Å². The lowest BCUT2D eigenvalue weighted by molar-refractivity contribution is 0.104. The molecule has 0 unspecified atom stereocenters. The molecular weight excluding hydrogens is 238 g/mol. The zero-order valence-electron chi connectivity index (χ0n) is 10.1. The normalized spacial score (nSPS) is 20.6. The van der Waals surface area contributed by atoms with Crippen LogP contribution in [0.1, 0.15) is 19.8 Å². The van der Waals surface area contributed by atoms with E-state index in [1.165, 1.54) is 6.42 Å². The van der Waals surface area contributed by atoms with E-state index in [1.54, 1.807) is 12.4 Å². The highest BCUT2D eigenvalue weighted by Crippen LogP contribution is 2.25. The molecular formula is C12H18ClN3O. The third-order valence-corrected chi connectivity index (χ3v) is 3.28. The molecule has 1 aromatic rings. The first kappa shape index (κ1) is 12.6. The lowest BCUT2D eigenvalue weighted by Crippen LogP contribution is -2.38. The second-order valence-corrected chi connectivity index (χ2v) is 4.64. The van der Waals surface area contributed by atoms with Gasteiger partial charge in [-0.2, -0.15) is 0 Å². The topological polar surface area (TPSA) is 38.2 Å². The highest BCUT2D eigenvalue weighted by Gasteiger charge is 2.22. The molecule has 0 saturated carbocycles. The Morgan fingerprint density at radius 1 is 1.47 bits per heavy atom. The van der Waals surface area contributed by atoms with E-state index in [1.807, 2.05) is 6.92 Å². The number of halogens is 1. The maximum atomic E-state index is 6.06. The van der Waals surface area contributed by atoms with Gasteiger partial charge >= 0.3 is 0 Å². The zero-order valence-corrected chi connectivity index (χ0v) is 10.9. The van der Waals surface area contributed by atoms with Gasteiger partial charge in [0.25, 0.3) is 0 Å². The van der Waals surface area contributed by atoms with Crippen molar-refractivity contribution in [3.63, 3.8) is 0 Å². The molecule has 4 nitrogen and oxygen atoms in total. The Bertz CT molecular complexity index is 361. The summed E-state index contributed by atoms with van der Waals surface area (Å²) in [5.74, 6) is 1.37. The molecule has 1 fully saturated rings. The van der Waals surface area contributed by atoms with E-state index in [2.05, 4.69) is 14.9 Å². The molecule has 2 heterocycles. The van der Waals surface area contributed by atoms with Crippen molar-refractivity contribution in [2.75, 3.05) is 31.2 Å². The fraction of sp³-hybridized carbons (Fsp3) is 0.667. The number of anilines is 1. The van der Waals surface area contributed by atoms with E-state index in [9.17, 15) is 0 Å². The molecule has 0 aromatic carbocycles. The van der Waals surface area contributed by atoms with Crippen molar-refractivity contribution in [1.82, 2.24) is 9.97 Å². The van der Waals surface area contributed by atoms with Gasteiger partial charge in [0.15, 0.2) is 11.0 Å². The second-order valence-electron chi connectivity index (χ2n) is 4.28. The Kier molecular flexibility index (Phi) is 4.57. The summed E-state index contributed by atoms with van der Waals surface area (Å²) in [5.41, 5.74) is 0. The van der Waals surface area contributed by atoms with Gasteiger partial charge in [0, 0.05) is 32.1 Å². The number of hydrogen-bond acceptors (Lipinski definition) is 4. The molecule has 94 valence electrons. The molecule has 1 saturated heterocycles. The van der Waals surface area contributed by atoms with E-state index in [0.29, 0.717) is 11.1 Å². The van der Waals surface area contributed by atoms with E-state index in [-0.39, 0.29) is 0 Å². The summed E-state index contributed by atoms with van der Waals surface area (Å²) in [6, 6.07) is 0. The molecule has 0 N–H and O–H groups in total. The Morgan fingerprint density at radius 3 is 3.06 bits per heavy atom. The molecule has 2 rings (SSSR count). The summed E-state index contributed by atoms with van der Waals surface area (Å²) in [4.78, 5) is 10.6. The molecule has 0 aliphatic carbocycles. The van der Waals surface area contributed by atoms with Gasteiger partial charge in [0.2, 0.25) is 0 Å². The first-order valence-corrected chi connectivity index (χ1v) is 6.48. The largest absolute Gasteiger partial charge is 0.381 e. The lowest BCUT2D eigenvalue weighted by Gasteiger charge is -2.33. The summed E-state index contributed by atoms with van der Waals surface area (Å²) < 4.78 is 5.49. The van der Waals surface area contributed by atoms with Gasteiger partial charge in [-0.05, 0) is 25.7 Å². The van der Waals surface area contributed by atoms with Gasteiger partial charge in [-0.25, -0.2) is 9.97 Å². The second kappa shape index (κ2) is 6.17. The third-order valence-electron chi connectivity index (χ3n) is 3.01. The highest BCUT2D eigenvalue weighted by atomic mass is 35.5. The quantitative estimate of drug-likeness (QED) is 0.828. The third kappa shape index (κ3) is 3.30. The van der Waals surface area contributed by atoms with E-state index in [4.69, 9.17) is 16.3 Å². The molecule has 1 aliphatic heterocycles. The number of piperidine rings is 1. The summed E-state index contributed by atoms with van der Waals surface area (Å²) in [6.45, 7) is 5.59. The van der Waals surface area contributed by atoms with Crippen molar-refractivity contribution in [3.05, 3.63) is 17.5 Å². The van der Waals surface area contributed by atoms with Crippen LogP contribution in [-0.2, 0) is 4.74 Å². The predicted molar refractivity (Wildman–Crippen MR) is 68.5 cm³/mol. The molecule has 0 bridgehead atoms. The van der Waals surface area contributed by atoms with E-state index in [0.717, 1.165) is 38.5 Å². The number of ether oxygens (including phenoxy) is 1. The van der Waals surface area contributed by atoms with Crippen LogP contribution in [0.4, 0.5) is 5.82 Å². The summed E-state index contributed by atoms with van der Waals surface area (Å²) in [6.07, 6.45) is 5.68. The van der Waals surface area contributed by atoms with E-state index < -0.39 is 0 Å². The Balaban J connectivity index is 1.99. The lowest BCUT2D eigenvalue weighted by atomic mass is 9.99. The zero-order chi connectivity index (χ0) is 12.1. The minimum absolute atomic E-state index is 0.490. The minimum atomic E-state index is 0.490. The molecule has 0 amide bonds. The van der Waals surface area contributed by atoms with Gasteiger partial charge in [-0.1, -0.05) is 11.6 Å². The molecule has 1 aromatic heterocycles. The first-order valence-electron chi connectivity index (χ1n) is 6.10. The number of aromatic nitrogens is 2. The van der Waals surface area contributed by atoms with Gasteiger partial charge in [-0.15, -0.1) is 0 Å². The first-order chi connectivity index (χ1) is 8.31. The van der Waals surface area contributed by atoms with Gasteiger partial charge in [-0.3, -0.25) is 0 Å². The average Bonchev–Trinajstić information content (AvgIpc) is 2.37. The summed E-state index contributed by atoms with van der Waals surface area (Å²) >= 11 is 6.06. The molecule has 1 atom stereocenters. The molecule has 1 aliphatic rings.